The molecule has 1 saturated heterocycles. The second-order valence-electron chi connectivity index (χ2n) is 9.02. The Bertz CT molecular complexity index is 804. The van der Waals surface area contributed by atoms with E-state index in [2.05, 4.69) is 43.3 Å². The highest BCUT2D eigenvalue weighted by molar-refractivity contribution is 5.80. The maximum atomic E-state index is 5.82. The van der Waals surface area contributed by atoms with Gasteiger partial charge in [-0.25, -0.2) is 0 Å². The molecule has 4 rings (SSSR count). The number of rotatable bonds is 9. The molecule has 1 aliphatic carbocycles. The summed E-state index contributed by atoms with van der Waals surface area (Å²) in [6, 6.07) is 4.78. The van der Waals surface area contributed by atoms with Crippen LogP contribution in [0.25, 0.3) is 0 Å². The Morgan fingerprint density at radius 3 is 2.75 bits per heavy atom. The first kappa shape index (κ1) is 22.8. The second-order valence-corrected chi connectivity index (χ2v) is 9.02. The maximum absolute atomic E-state index is 5.82. The van der Waals surface area contributed by atoms with Crippen molar-refractivity contribution in [3.05, 3.63) is 36.3 Å². The molecule has 2 aliphatic rings. The first-order chi connectivity index (χ1) is 15.8. The molecule has 2 fully saturated rings. The van der Waals surface area contributed by atoms with Gasteiger partial charge in [0.05, 0.1) is 18.8 Å². The molecule has 1 unspecified atom stereocenters. The average molecular weight is 442 g/mol. The molecule has 0 bridgehead atoms. The number of hydrogen-bond donors (Lipinski definition) is 2. The standard InChI is InChI=1S/C24H39N7O/c1-2-23-29-27-19-31(23)16-13-25-24(28-20-10-5-3-6-11-20)26-18-21(22-12-9-17-32-22)30-14-7-4-8-15-30/h9,12,17,19-21H,2-8,10-11,13-16,18H2,1H3,(H2,25,26,28). The lowest BCUT2D eigenvalue weighted by Crippen LogP contribution is -2.45. The van der Waals surface area contributed by atoms with E-state index < -0.39 is 0 Å². The fourth-order valence-electron chi connectivity index (χ4n) is 4.90. The second kappa shape index (κ2) is 12.0. The zero-order chi connectivity index (χ0) is 22.0. The third-order valence-corrected chi connectivity index (χ3v) is 6.73. The van der Waals surface area contributed by atoms with Crippen LogP contribution in [-0.4, -0.2) is 57.8 Å². The first-order valence-electron chi connectivity index (χ1n) is 12.5. The quantitative estimate of drug-likeness (QED) is 0.458. The van der Waals surface area contributed by atoms with Gasteiger partial charge < -0.3 is 19.6 Å². The number of furan rings is 1. The number of guanidine groups is 1. The molecular formula is C24H39N7O. The van der Waals surface area contributed by atoms with Crippen LogP contribution in [0.1, 0.15) is 75.9 Å². The van der Waals surface area contributed by atoms with Crippen molar-refractivity contribution in [2.24, 2.45) is 4.99 Å². The summed E-state index contributed by atoms with van der Waals surface area (Å²) < 4.78 is 7.93. The van der Waals surface area contributed by atoms with Crippen molar-refractivity contribution in [1.82, 2.24) is 30.3 Å². The molecular weight excluding hydrogens is 402 g/mol. The molecule has 3 heterocycles. The van der Waals surface area contributed by atoms with Crippen LogP contribution in [0, 0.1) is 0 Å². The summed E-state index contributed by atoms with van der Waals surface area (Å²) in [6.45, 7) is 6.66. The molecule has 2 N–H and O–H groups in total. The van der Waals surface area contributed by atoms with Crippen LogP contribution in [0.4, 0.5) is 0 Å². The number of likely N-dealkylation sites (tertiary alicyclic amines) is 1. The van der Waals surface area contributed by atoms with Gasteiger partial charge in [-0.15, -0.1) is 10.2 Å². The number of aryl methyl sites for hydroxylation is 1. The van der Waals surface area contributed by atoms with Gasteiger partial charge in [-0.05, 0) is 50.9 Å². The van der Waals surface area contributed by atoms with Crippen molar-refractivity contribution in [1.29, 1.82) is 0 Å². The Balaban J connectivity index is 1.42. The minimum Gasteiger partial charge on any atom is -0.468 e. The molecule has 0 amide bonds. The van der Waals surface area contributed by atoms with E-state index in [-0.39, 0.29) is 6.04 Å². The molecule has 1 aliphatic heterocycles. The molecule has 0 spiro atoms. The van der Waals surface area contributed by atoms with Gasteiger partial charge in [0.15, 0.2) is 5.96 Å². The molecule has 8 heteroatoms. The van der Waals surface area contributed by atoms with Crippen molar-refractivity contribution in [2.45, 2.75) is 83.3 Å². The van der Waals surface area contributed by atoms with Gasteiger partial charge in [-0.2, -0.15) is 0 Å². The van der Waals surface area contributed by atoms with Crippen LogP contribution >= 0.6 is 0 Å². The van der Waals surface area contributed by atoms with Crippen LogP contribution in [0.3, 0.4) is 0 Å². The highest BCUT2D eigenvalue weighted by Crippen LogP contribution is 2.25. The minimum atomic E-state index is 0.194. The lowest BCUT2D eigenvalue weighted by Gasteiger charge is -2.33. The average Bonchev–Trinajstić information content (AvgIpc) is 3.53. The smallest absolute Gasteiger partial charge is 0.191 e. The van der Waals surface area contributed by atoms with Crippen molar-refractivity contribution in [3.63, 3.8) is 0 Å². The Morgan fingerprint density at radius 1 is 1.19 bits per heavy atom. The van der Waals surface area contributed by atoms with E-state index in [0.29, 0.717) is 12.6 Å². The number of piperidine rings is 1. The van der Waals surface area contributed by atoms with Crippen molar-refractivity contribution in [2.75, 3.05) is 26.2 Å². The Kier molecular flexibility index (Phi) is 8.59. The SMILES string of the molecule is CCc1nncn1CCNC(=NCC(c1ccco1)N1CCCCC1)NC1CCCCC1. The molecule has 0 radical (unpaired) electrons. The van der Waals surface area contributed by atoms with E-state index in [1.54, 1.807) is 6.26 Å². The van der Waals surface area contributed by atoms with Gasteiger partial charge in [0.2, 0.25) is 0 Å². The third kappa shape index (κ3) is 6.34. The van der Waals surface area contributed by atoms with Gasteiger partial charge in [-0.3, -0.25) is 9.89 Å². The summed E-state index contributed by atoms with van der Waals surface area (Å²) in [5, 5.41) is 15.5. The predicted molar refractivity (Wildman–Crippen MR) is 127 cm³/mol. The predicted octanol–water partition coefficient (Wildman–Crippen LogP) is 3.53. The van der Waals surface area contributed by atoms with Crippen LogP contribution in [0.2, 0.25) is 0 Å². The molecule has 8 nitrogen and oxygen atoms in total. The van der Waals surface area contributed by atoms with Crippen molar-refractivity contribution >= 4 is 5.96 Å². The van der Waals surface area contributed by atoms with Gasteiger partial charge in [0.1, 0.15) is 17.9 Å². The zero-order valence-corrected chi connectivity index (χ0v) is 19.5. The Hall–Kier alpha value is -2.35. The largest absolute Gasteiger partial charge is 0.468 e. The highest BCUT2D eigenvalue weighted by Gasteiger charge is 2.24. The highest BCUT2D eigenvalue weighted by atomic mass is 16.3. The number of hydrogen-bond acceptors (Lipinski definition) is 5. The molecule has 1 saturated carbocycles. The lowest BCUT2D eigenvalue weighted by atomic mass is 9.96. The summed E-state index contributed by atoms with van der Waals surface area (Å²) in [5.74, 6) is 2.95. The van der Waals surface area contributed by atoms with E-state index in [1.807, 2.05) is 12.4 Å². The summed E-state index contributed by atoms with van der Waals surface area (Å²) in [6.07, 6.45) is 14.7. The summed E-state index contributed by atoms with van der Waals surface area (Å²) in [4.78, 5) is 7.60. The first-order valence-corrected chi connectivity index (χ1v) is 12.5. The third-order valence-electron chi connectivity index (χ3n) is 6.73. The van der Waals surface area contributed by atoms with E-state index >= 15 is 0 Å². The van der Waals surface area contributed by atoms with Crippen LogP contribution in [0.15, 0.2) is 34.1 Å². The Labute approximate surface area is 191 Å². The zero-order valence-electron chi connectivity index (χ0n) is 19.5. The number of nitrogens with one attached hydrogen (secondary N) is 2. The van der Waals surface area contributed by atoms with Gasteiger partial charge in [-0.1, -0.05) is 32.6 Å². The minimum absolute atomic E-state index is 0.194. The molecule has 0 aromatic carbocycles. The Morgan fingerprint density at radius 2 is 2.00 bits per heavy atom. The maximum Gasteiger partial charge on any atom is 0.191 e. The number of aromatic nitrogens is 3. The molecule has 2 aromatic heterocycles. The van der Waals surface area contributed by atoms with Gasteiger partial charge in [0, 0.05) is 25.6 Å². The van der Waals surface area contributed by atoms with Crippen molar-refractivity contribution < 1.29 is 4.42 Å². The van der Waals surface area contributed by atoms with E-state index in [0.717, 1.165) is 50.1 Å². The number of nitrogens with zero attached hydrogens (tertiary/aromatic N) is 5. The van der Waals surface area contributed by atoms with Gasteiger partial charge >= 0.3 is 0 Å². The molecule has 1 atom stereocenters. The summed E-state index contributed by atoms with van der Waals surface area (Å²) in [7, 11) is 0. The molecule has 176 valence electrons. The molecule has 32 heavy (non-hydrogen) atoms. The topological polar surface area (TPSA) is 83.5 Å². The van der Waals surface area contributed by atoms with Crippen LogP contribution in [-0.2, 0) is 13.0 Å². The van der Waals surface area contributed by atoms with E-state index in [9.17, 15) is 0 Å². The van der Waals surface area contributed by atoms with Crippen LogP contribution in [0.5, 0.6) is 0 Å². The molecule has 2 aromatic rings. The van der Waals surface area contributed by atoms with Gasteiger partial charge in [0.25, 0.3) is 0 Å². The lowest BCUT2D eigenvalue weighted by molar-refractivity contribution is 0.150. The normalized spacial score (nSPS) is 19.7. The van der Waals surface area contributed by atoms with Crippen LogP contribution < -0.4 is 10.6 Å². The van der Waals surface area contributed by atoms with Crippen molar-refractivity contribution in [3.8, 4) is 0 Å². The fraction of sp³-hybridized carbons (Fsp3) is 0.708. The number of aliphatic imine (C=N–C) groups is 1. The summed E-state index contributed by atoms with van der Waals surface area (Å²) >= 11 is 0. The van der Waals surface area contributed by atoms with E-state index in [4.69, 9.17) is 9.41 Å². The summed E-state index contributed by atoms with van der Waals surface area (Å²) in [5.41, 5.74) is 0. The monoisotopic (exact) mass is 441 g/mol. The van der Waals surface area contributed by atoms with E-state index in [1.165, 1.54) is 51.4 Å². The fourth-order valence-corrected chi connectivity index (χ4v) is 4.90.